The molecule has 0 atom stereocenters. The van der Waals surface area contributed by atoms with Crippen molar-refractivity contribution in [3.8, 4) is 0 Å². The molecule has 0 saturated carbocycles. The first-order chi connectivity index (χ1) is 5.83. The molecule has 12 heavy (non-hydrogen) atoms. The number of aromatic nitrogens is 1. The molecule has 1 rings (SSSR count). The van der Waals surface area contributed by atoms with Crippen LogP contribution in [0.3, 0.4) is 0 Å². The maximum absolute atomic E-state index is 12.3. The Morgan fingerprint density at radius 2 is 2.42 bits per heavy atom. The lowest BCUT2D eigenvalue weighted by Gasteiger charge is -1.94. The quantitative estimate of drug-likeness (QED) is 0.383. The van der Waals surface area contributed by atoms with Gasteiger partial charge in [-0.15, -0.1) is 0 Å². The first kappa shape index (κ1) is 8.56. The number of halogens is 1. The number of isocyanates is 1. The van der Waals surface area contributed by atoms with E-state index in [0.29, 0.717) is 13.0 Å². The van der Waals surface area contributed by atoms with Gasteiger partial charge in [-0.25, -0.2) is 14.8 Å². The summed E-state index contributed by atoms with van der Waals surface area (Å²) in [6.07, 6.45) is 3.44. The van der Waals surface area contributed by atoms with Gasteiger partial charge < -0.3 is 0 Å². The molecule has 0 spiro atoms. The molecule has 1 heterocycles. The minimum atomic E-state index is -0.502. The van der Waals surface area contributed by atoms with Crippen LogP contribution < -0.4 is 0 Å². The van der Waals surface area contributed by atoms with E-state index in [-0.39, 0.29) is 0 Å². The molecule has 0 amide bonds. The van der Waals surface area contributed by atoms with Gasteiger partial charge in [-0.05, 0) is 18.1 Å². The van der Waals surface area contributed by atoms with E-state index in [1.54, 1.807) is 6.07 Å². The summed E-state index contributed by atoms with van der Waals surface area (Å²) >= 11 is 0. The minimum absolute atomic E-state index is 0.372. The highest BCUT2D eigenvalue weighted by molar-refractivity contribution is 5.32. The Morgan fingerprint density at radius 3 is 3.00 bits per heavy atom. The van der Waals surface area contributed by atoms with Gasteiger partial charge in [0.1, 0.15) is 0 Å². The second-order valence-electron chi connectivity index (χ2n) is 2.21. The summed E-state index contributed by atoms with van der Waals surface area (Å²) in [7, 11) is 0. The van der Waals surface area contributed by atoms with Gasteiger partial charge in [-0.3, -0.25) is 0 Å². The molecule has 0 N–H and O–H groups in total. The molecular weight excluding hydrogens is 159 g/mol. The molecule has 0 aliphatic carbocycles. The molecule has 0 radical (unpaired) electrons. The van der Waals surface area contributed by atoms with Crippen LogP contribution in [0.2, 0.25) is 0 Å². The lowest BCUT2D eigenvalue weighted by Crippen LogP contribution is -1.91. The van der Waals surface area contributed by atoms with Gasteiger partial charge in [0.25, 0.3) is 0 Å². The van der Waals surface area contributed by atoms with Crippen molar-refractivity contribution in [2.24, 2.45) is 4.99 Å². The average Bonchev–Trinajstić information content (AvgIpc) is 2.09. The highest BCUT2D eigenvalue weighted by atomic mass is 19.1. The van der Waals surface area contributed by atoms with Crippen LogP contribution in [0.5, 0.6) is 0 Å². The molecule has 0 bridgehead atoms. The van der Waals surface area contributed by atoms with Gasteiger partial charge >= 0.3 is 0 Å². The summed E-state index contributed by atoms with van der Waals surface area (Å²) in [5, 5.41) is 0. The van der Waals surface area contributed by atoms with Crippen LogP contribution >= 0.6 is 0 Å². The van der Waals surface area contributed by atoms with Crippen molar-refractivity contribution >= 4 is 6.08 Å². The Morgan fingerprint density at radius 1 is 1.58 bits per heavy atom. The number of nitrogens with zero attached hydrogens (tertiary/aromatic N) is 2. The summed E-state index contributed by atoms with van der Waals surface area (Å²) in [6, 6.07) is 2.89. The smallest absolute Gasteiger partial charge is 0.228 e. The molecular formula is C8H7FN2O. The molecule has 0 aromatic carbocycles. The lowest BCUT2D eigenvalue weighted by molar-refractivity contribution is 0.562. The molecule has 4 heteroatoms. The minimum Gasteiger partial charge on any atom is -0.228 e. The zero-order chi connectivity index (χ0) is 8.81. The summed E-state index contributed by atoms with van der Waals surface area (Å²) in [5.74, 6) is -0.502. The van der Waals surface area contributed by atoms with Crippen LogP contribution in [0.25, 0.3) is 0 Å². The Labute approximate surface area is 69.0 Å². The summed E-state index contributed by atoms with van der Waals surface area (Å²) in [5.41, 5.74) is 0.857. The van der Waals surface area contributed by atoms with Crippen LogP contribution in [0.1, 0.15) is 5.56 Å². The Balaban J connectivity index is 2.53. The second kappa shape index (κ2) is 4.36. The average molecular weight is 166 g/mol. The van der Waals surface area contributed by atoms with Crippen LogP contribution in [0.15, 0.2) is 23.3 Å². The van der Waals surface area contributed by atoms with Crippen LogP contribution in [0, 0.1) is 5.95 Å². The Kier molecular flexibility index (Phi) is 3.11. The molecule has 3 nitrogen and oxygen atoms in total. The normalized spacial score (nSPS) is 9.08. The Bertz CT molecular complexity index is 290. The number of carbonyl (C=O) groups excluding carboxylic acids is 1. The first-order valence-corrected chi connectivity index (χ1v) is 3.47. The number of rotatable bonds is 3. The van der Waals surface area contributed by atoms with E-state index in [1.165, 1.54) is 18.3 Å². The van der Waals surface area contributed by atoms with Gasteiger partial charge in [-0.2, -0.15) is 4.39 Å². The fourth-order valence-electron chi connectivity index (χ4n) is 0.785. The van der Waals surface area contributed by atoms with Crippen molar-refractivity contribution in [3.05, 3.63) is 29.8 Å². The second-order valence-corrected chi connectivity index (χ2v) is 2.21. The van der Waals surface area contributed by atoms with E-state index in [9.17, 15) is 9.18 Å². The molecule has 1 aromatic heterocycles. The maximum atomic E-state index is 12.3. The third-order valence-corrected chi connectivity index (χ3v) is 1.37. The zero-order valence-corrected chi connectivity index (χ0v) is 6.33. The molecule has 0 saturated heterocycles. The van der Waals surface area contributed by atoms with Crippen LogP contribution in [0.4, 0.5) is 4.39 Å². The van der Waals surface area contributed by atoms with E-state index in [0.717, 1.165) is 5.56 Å². The largest absolute Gasteiger partial charge is 0.234 e. The lowest BCUT2D eigenvalue weighted by atomic mass is 10.2. The van der Waals surface area contributed by atoms with E-state index in [2.05, 4.69) is 9.98 Å². The topological polar surface area (TPSA) is 42.3 Å². The predicted octanol–water partition coefficient (Wildman–Crippen LogP) is 1.10. The third kappa shape index (κ3) is 2.60. The highest BCUT2D eigenvalue weighted by Gasteiger charge is 1.93. The summed E-state index contributed by atoms with van der Waals surface area (Å²) < 4.78 is 12.3. The molecule has 1 aromatic rings. The number of hydrogen-bond donors (Lipinski definition) is 0. The molecule has 0 aliphatic heterocycles. The predicted molar refractivity (Wildman–Crippen MR) is 40.9 cm³/mol. The standard InChI is InChI=1S/C8H7FN2O/c9-8-2-1-7(5-11-8)3-4-10-6-12/h1-2,5H,3-4H2. The van der Waals surface area contributed by atoms with Gasteiger partial charge in [0.15, 0.2) is 0 Å². The number of aliphatic imine (C=N–C) groups is 1. The van der Waals surface area contributed by atoms with Gasteiger partial charge in [0.05, 0.1) is 6.54 Å². The van der Waals surface area contributed by atoms with Crippen LogP contribution in [-0.2, 0) is 11.2 Å². The summed E-state index contributed by atoms with van der Waals surface area (Å²) in [6.45, 7) is 0.372. The van der Waals surface area contributed by atoms with Crippen LogP contribution in [-0.4, -0.2) is 17.6 Å². The maximum Gasteiger partial charge on any atom is 0.234 e. The van der Waals surface area contributed by atoms with Crippen molar-refractivity contribution < 1.29 is 9.18 Å². The fraction of sp³-hybridized carbons (Fsp3) is 0.250. The molecule has 0 unspecified atom stereocenters. The SMILES string of the molecule is O=C=NCCc1ccc(F)nc1. The zero-order valence-electron chi connectivity index (χ0n) is 6.33. The first-order valence-electron chi connectivity index (χ1n) is 3.47. The summed E-state index contributed by atoms with van der Waals surface area (Å²) in [4.78, 5) is 16.5. The van der Waals surface area contributed by atoms with Crippen molar-refractivity contribution in [3.63, 3.8) is 0 Å². The van der Waals surface area contributed by atoms with Gasteiger partial charge in [-0.1, -0.05) is 6.07 Å². The van der Waals surface area contributed by atoms with E-state index >= 15 is 0 Å². The number of pyridine rings is 1. The van der Waals surface area contributed by atoms with Crippen molar-refractivity contribution in [2.45, 2.75) is 6.42 Å². The fourth-order valence-corrected chi connectivity index (χ4v) is 0.785. The van der Waals surface area contributed by atoms with Crippen molar-refractivity contribution in [1.29, 1.82) is 0 Å². The molecule has 0 fully saturated rings. The van der Waals surface area contributed by atoms with E-state index in [1.807, 2.05) is 0 Å². The number of hydrogen-bond acceptors (Lipinski definition) is 3. The highest BCUT2D eigenvalue weighted by Crippen LogP contribution is 1.99. The molecule has 0 aliphatic rings. The Hall–Kier alpha value is -1.54. The van der Waals surface area contributed by atoms with Crippen molar-refractivity contribution in [1.82, 2.24) is 4.98 Å². The van der Waals surface area contributed by atoms with E-state index < -0.39 is 5.95 Å². The monoisotopic (exact) mass is 166 g/mol. The van der Waals surface area contributed by atoms with Gasteiger partial charge in [0.2, 0.25) is 12.0 Å². The van der Waals surface area contributed by atoms with Crippen molar-refractivity contribution in [2.75, 3.05) is 6.54 Å². The van der Waals surface area contributed by atoms with E-state index in [4.69, 9.17) is 0 Å². The molecule has 62 valence electrons. The third-order valence-electron chi connectivity index (χ3n) is 1.37. The van der Waals surface area contributed by atoms with Gasteiger partial charge in [0, 0.05) is 6.20 Å².